The Hall–Kier alpha value is -2.63. The Morgan fingerprint density at radius 1 is 1.09 bits per heavy atom. The quantitative estimate of drug-likeness (QED) is 0.711. The molecule has 3 heterocycles. The summed E-state index contributed by atoms with van der Waals surface area (Å²) in [7, 11) is 0. The highest BCUT2D eigenvalue weighted by molar-refractivity contribution is 5.85. The fraction of sp³-hybridized carbons (Fsp3) is 0.577. The van der Waals surface area contributed by atoms with Crippen LogP contribution in [-0.4, -0.2) is 52.9 Å². The molecule has 6 heteroatoms. The summed E-state index contributed by atoms with van der Waals surface area (Å²) in [6.07, 6.45) is 3.19. The first-order valence-corrected chi connectivity index (χ1v) is 11.7. The number of carbonyl (C=O) groups is 2. The molecule has 4 rings (SSSR count). The van der Waals surface area contributed by atoms with Gasteiger partial charge in [0.2, 0.25) is 11.8 Å². The van der Waals surface area contributed by atoms with Crippen LogP contribution >= 0.6 is 0 Å². The summed E-state index contributed by atoms with van der Waals surface area (Å²) in [4.78, 5) is 29.8. The van der Waals surface area contributed by atoms with Gasteiger partial charge in [0.05, 0.1) is 5.41 Å². The molecule has 2 aromatic rings. The molecule has 0 spiro atoms. The molecule has 2 fully saturated rings. The van der Waals surface area contributed by atoms with Gasteiger partial charge in [0.1, 0.15) is 11.5 Å². The van der Waals surface area contributed by atoms with Gasteiger partial charge >= 0.3 is 0 Å². The molecule has 0 aliphatic carbocycles. The van der Waals surface area contributed by atoms with Gasteiger partial charge in [0.25, 0.3) is 0 Å². The lowest BCUT2D eigenvalue weighted by atomic mass is 9.74. The number of nitrogens with zero attached hydrogens (tertiary/aromatic N) is 3. The van der Waals surface area contributed by atoms with Gasteiger partial charge in [0, 0.05) is 51.2 Å². The predicted octanol–water partition coefficient (Wildman–Crippen LogP) is 4.41. The molecule has 1 atom stereocenters. The summed E-state index contributed by atoms with van der Waals surface area (Å²) >= 11 is 0. The van der Waals surface area contributed by atoms with Crippen LogP contribution in [0.3, 0.4) is 0 Å². The van der Waals surface area contributed by atoms with E-state index < -0.39 is 5.41 Å². The summed E-state index contributed by atoms with van der Waals surface area (Å²) in [6.45, 7) is 11.1. The number of likely N-dealkylation sites (tertiary alicyclic amines) is 2. The highest BCUT2D eigenvalue weighted by Crippen LogP contribution is 2.40. The zero-order valence-electron chi connectivity index (χ0n) is 19.8. The third kappa shape index (κ3) is 4.59. The van der Waals surface area contributed by atoms with Crippen LogP contribution in [0.4, 0.5) is 0 Å². The molecule has 0 bridgehead atoms. The van der Waals surface area contributed by atoms with E-state index in [1.807, 2.05) is 41.3 Å². The van der Waals surface area contributed by atoms with Gasteiger partial charge < -0.3 is 14.3 Å². The molecular formula is C26H35N3O3. The fourth-order valence-electron chi connectivity index (χ4n) is 5.29. The zero-order chi connectivity index (χ0) is 22.9. The van der Waals surface area contributed by atoms with Gasteiger partial charge in [-0.2, -0.15) is 0 Å². The molecule has 32 heavy (non-hydrogen) atoms. The molecule has 6 nitrogen and oxygen atoms in total. The summed E-state index contributed by atoms with van der Waals surface area (Å²) in [5.74, 6) is 1.51. The Balaban J connectivity index is 1.54. The van der Waals surface area contributed by atoms with Crippen LogP contribution in [-0.2, 0) is 16.0 Å². The van der Waals surface area contributed by atoms with Crippen LogP contribution in [0.2, 0.25) is 0 Å². The van der Waals surface area contributed by atoms with E-state index in [9.17, 15) is 9.59 Å². The minimum absolute atomic E-state index is 0.0219. The molecule has 172 valence electrons. The van der Waals surface area contributed by atoms with Crippen molar-refractivity contribution in [3.63, 3.8) is 0 Å². The maximum absolute atomic E-state index is 13.9. The monoisotopic (exact) mass is 437 g/mol. The molecule has 1 aromatic carbocycles. The Morgan fingerprint density at radius 2 is 1.78 bits per heavy atom. The van der Waals surface area contributed by atoms with Gasteiger partial charge in [0.15, 0.2) is 0 Å². The zero-order valence-corrected chi connectivity index (χ0v) is 19.8. The van der Waals surface area contributed by atoms with E-state index in [4.69, 9.17) is 4.52 Å². The second-order valence-electron chi connectivity index (χ2n) is 10.6. The van der Waals surface area contributed by atoms with Gasteiger partial charge in [-0.15, -0.1) is 0 Å². The largest absolute Gasteiger partial charge is 0.361 e. The Morgan fingerprint density at radius 3 is 2.38 bits per heavy atom. The lowest BCUT2D eigenvalue weighted by Crippen LogP contribution is -2.50. The first-order valence-electron chi connectivity index (χ1n) is 11.7. The number of carbonyl (C=O) groups excluding carboxylic acids is 2. The number of hydrogen-bond acceptors (Lipinski definition) is 4. The molecule has 2 aliphatic heterocycles. The normalized spacial score (nSPS) is 22.4. The summed E-state index contributed by atoms with van der Waals surface area (Å²) in [6, 6.07) is 11.8. The number of aromatic nitrogens is 1. The smallest absolute Gasteiger partial charge is 0.231 e. The number of piperidine rings is 1. The van der Waals surface area contributed by atoms with Crippen molar-refractivity contribution < 1.29 is 14.1 Å². The van der Waals surface area contributed by atoms with Crippen molar-refractivity contribution in [1.29, 1.82) is 0 Å². The summed E-state index contributed by atoms with van der Waals surface area (Å²) in [5.41, 5.74) is 1.38. The maximum Gasteiger partial charge on any atom is 0.231 e. The Bertz CT molecular complexity index is 954. The van der Waals surface area contributed by atoms with Gasteiger partial charge in [-0.25, -0.2) is 0 Å². The van der Waals surface area contributed by atoms with Crippen molar-refractivity contribution in [2.24, 2.45) is 16.7 Å². The SMILES string of the molecule is CC(=O)N1CC[C@](Cc2cc(-c3ccccc3)no2)(C(=O)N2CCC(C(C)(C)C)CC2)C1. The highest BCUT2D eigenvalue weighted by atomic mass is 16.5. The van der Waals surface area contributed by atoms with Crippen LogP contribution in [0, 0.1) is 16.7 Å². The molecule has 0 saturated carbocycles. The van der Waals surface area contributed by atoms with Crippen molar-refractivity contribution in [3.8, 4) is 11.3 Å². The van der Waals surface area contributed by atoms with Crippen molar-refractivity contribution >= 4 is 11.8 Å². The first kappa shape index (κ1) is 22.6. The number of hydrogen-bond donors (Lipinski definition) is 0. The fourth-order valence-corrected chi connectivity index (χ4v) is 5.29. The van der Waals surface area contributed by atoms with Crippen LogP contribution in [0.5, 0.6) is 0 Å². The first-order chi connectivity index (χ1) is 15.2. The second-order valence-corrected chi connectivity index (χ2v) is 10.6. The van der Waals surface area contributed by atoms with E-state index in [-0.39, 0.29) is 17.2 Å². The van der Waals surface area contributed by atoms with Crippen molar-refractivity contribution in [2.45, 2.75) is 53.4 Å². The average Bonchev–Trinajstić information content (AvgIpc) is 3.42. The highest BCUT2D eigenvalue weighted by Gasteiger charge is 2.48. The minimum Gasteiger partial charge on any atom is -0.361 e. The molecule has 1 aromatic heterocycles. The molecule has 0 unspecified atom stereocenters. The van der Waals surface area contributed by atoms with E-state index in [2.05, 4.69) is 25.9 Å². The maximum atomic E-state index is 13.9. The summed E-state index contributed by atoms with van der Waals surface area (Å²) in [5, 5.41) is 4.24. The van der Waals surface area contributed by atoms with E-state index >= 15 is 0 Å². The molecular weight excluding hydrogens is 402 g/mol. The Kier molecular flexibility index (Phi) is 6.15. The third-order valence-corrected chi connectivity index (χ3v) is 7.40. The number of amides is 2. The average molecular weight is 438 g/mol. The van der Waals surface area contributed by atoms with Crippen LogP contribution in [0.15, 0.2) is 40.9 Å². The van der Waals surface area contributed by atoms with E-state index in [0.717, 1.165) is 37.2 Å². The van der Waals surface area contributed by atoms with Crippen LogP contribution in [0.1, 0.15) is 52.7 Å². The number of benzene rings is 1. The molecule has 0 radical (unpaired) electrons. The van der Waals surface area contributed by atoms with Gasteiger partial charge in [-0.1, -0.05) is 56.3 Å². The third-order valence-electron chi connectivity index (χ3n) is 7.40. The van der Waals surface area contributed by atoms with E-state index in [1.165, 1.54) is 0 Å². The number of rotatable bonds is 4. The van der Waals surface area contributed by atoms with Crippen LogP contribution < -0.4 is 0 Å². The molecule has 0 N–H and O–H groups in total. The van der Waals surface area contributed by atoms with Crippen molar-refractivity contribution in [1.82, 2.24) is 15.0 Å². The second kappa shape index (κ2) is 8.72. The predicted molar refractivity (Wildman–Crippen MR) is 124 cm³/mol. The van der Waals surface area contributed by atoms with E-state index in [1.54, 1.807) is 11.8 Å². The van der Waals surface area contributed by atoms with Gasteiger partial charge in [-0.3, -0.25) is 9.59 Å². The minimum atomic E-state index is -0.645. The topological polar surface area (TPSA) is 66.7 Å². The molecule has 2 saturated heterocycles. The lowest BCUT2D eigenvalue weighted by molar-refractivity contribution is -0.144. The summed E-state index contributed by atoms with van der Waals surface area (Å²) < 4.78 is 5.68. The van der Waals surface area contributed by atoms with Crippen molar-refractivity contribution in [3.05, 3.63) is 42.2 Å². The molecule has 2 amide bonds. The standard InChI is InChI=1S/C26H35N3O3/c1-19(30)29-15-12-26(18-29,24(31)28-13-10-21(11-14-28)25(2,3)4)17-22-16-23(27-32-22)20-8-6-5-7-9-20/h5-9,16,21H,10-15,17-18H2,1-4H3/t26-/m1/s1. The van der Waals surface area contributed by atoms with Crippen molar-refractivity contribution in [2.75, 3.05) is 26.2 Å². The van der Waals surface area contributed by atoms with Crippen LogP contribution in [0.25, 0.3) is 11.3 Å². The van der Waals surface area contributed by atoms with Gasteiger partial charge in [-0.05, 0) is 30.6 Å². The van der Waals surface area contributed by atoms with E-state index in [0.29, 0.717) is 37.6 Å². The lowest BCUT2D eigenvalue weighted by Gasteiger charge is -2.41. The molecule has 2 aliphatic rings. The Labute approximate surface area is 190 Å².